The van der Waals surface area contributed by atoms with E-state index in [1.807, 2.05) is 0 Å². The number of carboxylic acid groups (broad SMARTS) is 1. The van der Waals surface area contributed by atoms with Gasteiger partial charge in [-0.2, -0.15) is 0 Å². The molecule has 1 rings (SSSR count). The number of hydrogen-bond acceptors (Lipinski definition) is 3. The van der Waals surface area contributed by atoms with Gasteiger partial charge in [0.05, 0.1) is 19.1 Å². The minimum absolute atomic E-state index is 0.0854. The molecule has 0 aliphatic carbocycles. The van der Waals surface area contributed by atoms with Crippen molar-refractivity contribution in [3.05, 3.63) is 40.4 Å². The van der Waals surface area contributed by atoms with Gasteiger partial charge < -0.3 is 9.84 Å². The second kappa shape index (κ2) is 6.06. The van der Waals surface area contributed by atoms with Crippen molar-refractivity contribution in [1.82, 2.24) is 0 Å². The molecule has 0 spiro atoms. The lowest BCUT2D eigenvalue weighted by Gasteiger charge is -2.01. The van der Waals surface area contributed by atoms with Gasteiger partial charge in [0.15, 0.2) is 0 Å². The summed E-state index contributed by atoms with van der Waals surface area (Å²) < 4.78 is 4.46. The molecule has 90 valence electrons. The smallest absolute Gasteiger partial charge is 0.336 e. The minimum atomic E-state index is -1.04. The lowest BCUT2D eigenvalue weighted by Crippen LogP contribution is -2.00. The van der Waals surface area contributed by atoms with E-state index in [1.165, 1.54) is 37.5 Å². The third-order valence-electron chi connectivity index (χ3n) is 2.05. The van der Waals surface area contributed by atoms with Gasteiger partial charge >= 0.3 is 11.9 Å². The summed E-state index contributed by atoms with van der Waals surface area (Å²) in [6, 6.07) is 4.45. The number of aromatic carboxylic acids is 1. The molecule has 5 heteroatoms. The molecule has 1 N–H and O–H groups in total. The first kappa shape index (κ1) is 13.3. The van der Waals surface area contributed by atoms with E-state index in [-0.39, 0.29) is 18.0 Å². The van der Waals surface area contributed by atoms with Crippen molar-refractivity contribution in [2.75, 3.05) is 7.11 Å². The Bertz CT molecular complexity index is 466. The SMILES string of the molecule is COC(=O)CC=Cc1cc(Cl)ccc1C(=O)O. The van der Waals surface area contributed by atoms with Crippen LogP contribution in [0.15, 0.2) is 24.3 Å². The number of benzene rings is 1. The summed E-state index contributed by atoms with van der Waals surface area (Å²) in [5.74, 6) is -1.43. The van der Waals surface area contributed by atoms with Crippen LogP contribution in [0.2, 0.25) is 5.02 Å². The van der Waals surface area contributed by atoms with Gasteiger partial charge in [-0.3, -0.25) is 4.79 Å². The van der Waals surface area contributed by atoms with Crippen LogP contribution in [-0.2, 0) is 9.53 Å². The zero-order valence-electron chi connectivity index (χ0n) is 9.14. The number of rotatable bonds is 4. The molecule has 0 unspecified atom stereocenters. The number of carboxylic acids is 1. The quantitative estimate of drug-likeness (QED) is 0.839. The summed E-state index contributed by atoms with van der Waals surface area (Å²) in [6.07, 6.45) is 3.15. The van der Waals surface area contributed by atoms with E-state index in [0.29, 0.717) is 10.6 Å². The Balaban J connectivity index is 2.92. The maximum Gasteiger partial charge on any atom is 0.336 e. The third-order valence-corrected chi connectivity index (χ3v) is 2.29. The van der Waals surface area contributed by atoms with Gasteiger partial charge in [-0.25, -0.2) is 4.79 Å². The predicted octanol–water partition coefficient (Wildman–Crippen LogP) is 2.61. The van der Waals surface area contributed by atoms with E-state index >= 15 is 0 Å². The topological polar surface area (TPSA) is 63.6 Å². The van der Waals surface area contributed by atoms with E-state index < -0.39 is 5.97 Å². The molecule has 1 aromatic carbocycles. The highest BCUT2D eigenvalue weighted by Crippen LogP contribution is 2.17. The normalized spacial score (nSPS) is 10.5. The third kappa shape index (κ3) is 3.92. The fraction of sp³-hybridized carbons (Fsp3) is 0.167. The Morgan fingerprint density at radius 2 is 2.18 bits per heavy atom. The fourth-order valence-electron chi connectivity index (χ4n) is 1.23. The highest BCUT2D eigenvalue weighted by Gasteiger charge is 2.08. The second-order valence-corrected chi connectivity index (χ2v) is 3.66. The highest BCUT2D eigenvalue weighted by atomic mass is 35.5. The van der Waals surface area contributed by atoms with Crippen molar-refractivity contribution in [2.24, 2.45) is 0 Å². The number of esters is 1. The Morgan fingerprint density at radius 1 is 1.47 bits per heavy atom. The van der Waals surface area contributed by atoms with E-state index in [0.717, 1.165) is 0 Å². The molecule has 0 atom stereocenters. The number of ether oxygens (including phenoxy) is 1. The maximum atomic E-state index is 10.9. The summed E-state index contributed by atoms with van der Waals surface area (Å²) in [5.41, 5.74) is 0.587. The van der Waals surface area contributed by atoms with E-state index in [1.54, 1.807) is 0 Å². The molecule has 0 radical (unpaired) electrons. The average molecular weight is 255 g/mol. The van der Waals surface area contributed by atoms with Gasteiger partial charge in [-0.1, -0.05) is 23.8 Å². The Hall–Kier alpha value is -1.81. The molecule has 0 aromatic heterocycles. The van der Waals surface area contributed by atoms with Crippen molar-refractivity contribution >= 4 is 29.6 Å². The van der Waals surface area contributed by atoms with Crippen molar-refractivity contribution < 1.29 is 19.4 Å². The van der Waals surface area contributed by atoms with Crippen LogP contribution in [0.1, 0.15) is 22.3 Å². The molecule has 4 nitrogen and oxygen atoms in total. The zero-order valence-corrected chi connectivity index (χ0v) is 9.90. The summed E-state index contributed by atoms with van der Waals surface area (Å²) in [7, 11) is 1.29. The van der Waals surface area contributed by atoms with Gasteiger partial charge in [0.25, 0.3) is 0 Å². The lowest BCUT2D eigenvalue weighted by molar-refractivity contribution is -0.139. The molecule has 0 amide bonds. The molecular weight excluding hydrogens is 244 g/mol. The van der Waals surface area contributed by atoms with Crippen molar-refractivity contribution in [1.29, 1.82) is 0 Å². The summed E-state index contributed by atoms with van der Waals surface area (Å²) in [4.78, 5) is 21.8. The molecular formula is C12H11ClO4. The molecule has 0 saturated heterocycles. The number of hydrogen-bond donors (Lipinski definition) is 1. The van der Waals surface area contributed by atoms with Crippen molar-refractivity contribution in [2.45, 2.75) is 6.42 Å². The molecule has 17 heavy (non-hydrogen) atoms. The first-order chi connectivity index (χ1) is 8.04. The van der Waals surface area contributed by atoms with Crippen LogP contribution in [0.5, 0.6) is 0 Å². The highest BCUT2D eigenvalue weighted by molar-refractivity contribution is 6.30. The Labute approximate surface area is 103 Å². The summed E-state index contributed by atoms with van der Waals surface area (Å²) in [6.45, 7) is 0. The largest absolute Gasteiger partial charge is 0.478 e. The van der Waals surface area contributed by atoms with Crippen LogP contribution in [0, 0.1) is 0 Å². The van der Waals surface area contributed by atoms with Crippen LogP contribution >= 0.6 is 11.6 Å². The van der Waals surface area contributed by atoms with Gasteiger partial charge in [-0.15, -0.1) is 0 Å². The maximum absolute atomic E-state index is 10.9. The monoisotopic (exact) mass is 254 g/mol. The van der Waals surface area contributed by atoms with Crippen LogP contribution < -0.4 is 0 Å². The number of methoxy groups -OCH3 is 1. The minimum Gasteiger partial charge on any atom is -0.478 e. The summed E-state index contributed by atoms with van der Waals surface area (Å²) in [5, 5.41) is 9.38. The van der Waals surface area contributed by atoms with Crippen LogP contribution in [-0.4, -0.2) is 24.2 Å². The standard InChI is InChI=1S/C12H11ClO4/c1-17-11(14)4-2-3-8-7-9(13)5-6-10(8)12(15)16/h2-3,5-7H,4H2,1H3,(H,15,16). The number of carbonyl (C=O) groups excluding carboxylic acids is 1. The van der Waals surface area contributed by atoms with Gasteiger partial charge in [0.2, 0.25) is 0 Å². The first-order valence-electron chi connectivity index (χ1n) is 4.81. The van der Waals surface area contributed by atoms with Crippen molar-refractivity contribution in [3.63, 3.8) is 0 Å². The van der Waals surface area contributed by atoms with E-state index in [9.17, 15) is 9.59 Å². The van der Waals surface area contributed by atoms with Crippen molar-refractivity contribution in [3.8, 4) is 0 Å². The molecule has 0 aliphatic heterocycles. The molecule has 1 aromatic rings. The Morgan fingerprint density at radius 3 is 2.76 bits per heavy atom. The fourth-order valence-corrected chi connectivity index (χ4v) is 1.41. The number of carbonyl (C=O) groups is 2. The lowest BCUT2D eigenvalue weighted by atomic mass is 10.1. The predicted molar refractivity (Wildman–Crippen MR) is 64.1 cm³/mol. The summed E-state index contributed by atoms with van der Waals surface area (Å²) >= 11 is 5.77. The van der Waals surface area contributed by atoms with Crippen LogP contribution in [0.3, 0.4) is 0 Å². The molecule has 0 heterocycles. The van der Waals surface area contributed by atoms with Gasteiger partial charge in [-0.05, 0) is 23.8 Å². The van der Waals surface area contributed by atoms with Gasteiger partial charge in [0.1, 0.15) is 0 Å². The zero-order chi connectivity index (χ0) is 12.8. The molecule has 0 fully saturated rings. The second-order valence-electron chi connectivity index (χ2n) is 3.22. The van der Waals surface area contributed by atoms with E-state index in [2.05, 4.69) is 4.74 Å². The number of halogens is 1. The van der Waals surface area contributed by atoms with Gasteiger partial charge in [0, 0.05) is 5.02 Å². The molecule has 0 saturated carbocycles. The van der Waals surface area contributed by atoms with E-state index in [4.69, 9.17) is 16.7 Å². The van der Waals surface area contributed by atoms with Crippen LogP contribution in [0.25, 0.3) is 6.08 Å². The molecule has 0 bridgehead atoms. The Kier molecular flexibility index (Phi) is 4.72. The first-order valence-corrected chi connectivity index (χ1v) is 5.18. The molecule has 0 aliphatic rings. The average Bonchev–Trinajstić information content (AvgIpc) is 2.28. The van der Waals surface area contributed by atoms with Crippen LogP contribution in [0.4, 0.5) is 0 Å².